The van der Waals surface area contributed by atoms with Crippen LogP contribution in [-0.2, 0) is 4.79 Å². The molecule has 1 N–H and O–H groups in total. The summed E-state index contributed by atoms with van der Waals surface area (Å²) in [4.78, 5) is 35.3. The minimum Gasteiger partial charge on any atom is -0.478 e. The van der Waals surface area contributed by atoms with Crippen molar-refractivity contribution in [1.29, 1.82) is 0 Å². The van der Waals surface area contributed by atoms with Gasteiger partial charge in [0.15, 0.2) is 0 Å². The molecule has 0 aliphatic carbocycles. The van der Waals surface area contributed by atoms with Crippen LogP contribution in [0.1, 0.15) is 34.2 Å². The monoisotopic (exact) mass is 445 g/mol. The Morgan fingerprint density at radius 2 is 1.85 bits per heavy atom. The summed E-state index contributed by atoms with van der Waals surface area (Å²) in [6.07, 6.45) is 1.51. The zero-order valence-electron chi connectivity index (χ0n) is 18.0. The molecule has 0 unspecified atom stereocenters. The van der Waals surface area contributed by atoms with Crippen LogP contribution in [0, 0.1) is 24.0 Å². The smallest absolute Gasteiger partial charge is 0.335 e. The van der Waals surface area contributed by atoms with Gasteiger partial charge in [0.05, 0.1) is 33.0 Å². The normalized spacial score (nSPS) is 14.6. The highest BCUT2D eigenvalue weighted by atomic mass is 16.6. The predicted molar refractivity (Wildman–Crippen MR) is 122 cm³/mol. The maximum absolute atomic E-state index is 13.0. The van der Waals surface area contributed by atoms with Crippen LogP contribution in [0.15, 0.2) is 63.6 Å². The van der Waals surface area contributed by atoms with E-state index in [9.17, 15) is 24.8 Å². The van der Waals surface area contributed by atoms with E-state index in [0.717, 1.165) is 16.1 Å². The Hall–Kier alpha value is -4.53. The summed E-state index contributed by atoms with van der Waals surface area (Å²) < 4.78 is 5.82. The van der Waals surface area contributed by atoms with Gasteiger partial charge in [0.25, 0.3) is 11.6 Å². The minimum absolute atomic E-state index is 0.0382. The molecular weight excluding hydrogens is 426 g/mol. The lowest BCUT2D eigenvalue weighted by atomic mass is 10.0. The van der Waals surface area contributed by atoms with Gasteiger partial charge in [0.2, 0.25) is 0 Å². The second kappa shape index (κ2) is 8.19. The average Bonchev–Trinajstić information content (AvgIpc) is 3.35. The topological polar surface area (TPSA) is 126 Å². The first-order valence-corrected chi connectivity index (χ1v) is 9.96. The van der Waals surface area contributed by atoms with E-state index in [-0.39, 0.29) is 16.8 Å². The van der Waals surface area contributed by atoms with E-state index in [4.69, 9.17) is 4.42 Å². The average molecular weight is 445 g/mol. The third-order valence-corrected chi connectivity index (χ3v) is 5.39. The van der Waals surface area contributed by atoms with Gasteiger partial charge < -0.3 is 9.52 Å². The number of nitro groups is 1. The number of carboxylic acids is 1. The molecule has 166 valence electrons. The molecule has 1 aliphatic heterocycles. The predicted octanol–water partition coefficient (Wildman–Crippen LogP) is 4.98. The largest absolute Gasteiger partial charge is 0.478 e. The van der Waals surface area contributed by atoms with Crippen molar-refractivity contribution in [1.82, 2.24) is 0 Å². The fraction of sp³-hybridized carbons (Fsp3) is 0.125. The summed E-state index contributed by atoms with van der Waals surface area (Å²) >= 11 is 0. The van der Waals surface area contributed by atoms with Gasteiger partial charge in [-0.15, -0.1) is 0 Å². The molecule has 0 bridgehead atoms. The Bertz CT molecular complexity index is 1380. The van der Waals surface area contributed by atoms with Gasteiger partial charge in [-0.3, -0.25) is 14.9 Å². The lowest BCUT2D eigenvalue weighted by Gasteiger charge is -2.12. The Labute approximate surface area is 188 Å². The number of benzene rings is 2. The minimum atomic E-state index is -1.11. The van der Waals surface area contributed by atoms with Gasteiger partial charge in [0, 0.05) is 6.07 Å². The Kier molecular flexibility index (Phi) is 5.39. The SMILES string of the molecule is CC1=NN(c2cccc(C(=O)O)c2)C(=O)/C1=C\c1ccc(-c2cc(C)c(C)cc2[N+](=O)[O-])o1. The summed E-state index contributed by atoms with van der Waals surface area (Å²) in [5, 5.41) is 26.1. The number of carbonyl (C=O) groups excluding carboxylic acids is 1. The molecule has 9 heteroatoms. The number of hydrogen-bond donors (Lipinski definition) is 1. The number of aryl methyl sites for hydroxylation is 2. The molecule has 2 aromatic carbocycles. The summed E-state index contributed by atoms with van der Waals surface area (Å²) in [6.45, 7) is 5.32. The number of carbonyl (C=O) groups is 2. The van der Waals surface area contributed by atoms with Crippen LogP contribution >= 0.6 is 0 Å². The zero-order chi connectivity index (χ0) is 23.9. The number of hydrazone groups is 1. The molecule has 0 saturated carbocycles. The number of amides is 1. The van der Waals surface area contributed by atoms with Crippen molar-refractivity contribution in [2.24, 2.45) is 5.10 Å². The molecular formula is C24H19N3O6. The van der Waals surface area contributed by atoms with Gasteiger partial charge >= 0.3 is 5.97 Å². The van der Waals surface area contributed by atoms with Crippen LogP contribution in [0.5, 0.6) is 0 Å². The summed E-state index contributed by atoms with van der Waals surface area (Å²) in [5.74, 6) is -0.909. The van der Waals surface area contributed by atoms with Crippen LogP contribution in [-0.4, -0.2) is 27.6 Å². The fourth-order valence-electron chi connectivity index (χ4n) is 3.50. The number of nitro benzene ring substituents is 1. The van der Waals surface area contributed by atoms with Gasteiger partial charge in [-0.05, 0) is 74.4 Å². The van der Waals surface area contributed by atoms with Crippen LogP contribution in [0.3, 0.4) is 0 Å². The molecule has 1 amide bonds. The van der Waals surface area contributed by atoms with Crippen LogP contribution in [0.2, 0.25) is 0 Å². The summed E-state index contributed by atoms with van der Waals surface area (Å²) in [6, 6.07) is 12.4. The number of nitrogens with zero attached hydrogens (tertiary/aromatic N) is 3. The van der Waals surface area contributed by atoms with E-state index < -0.39 is 16.8 Å². The second-order valence-corrected chi connectivity index (χ2v) is 7.63. The Morgan fingerprint density at radius 3 is 2.55 bits per heavy atom. The fourth-order valence-corrected chi connectivity index (χ4v) is 3.50. The highest BCUT2D eigenvalue weighted by Gasteiger charge is 2.29. The third-order valence-electron chi connectivity index (χ3n) is 5.39. The van der Waals surface area contributed by atoms with Crippen molar-refractivity contribution < 1.29 is 24.0 Å². The number of rotatable bonds is 5. The molecule has 0 spiro atoms. The number of anilines is 1. The van der Waals surface area contributed by atoms with Crippen molar-refractivity contribution in [3.63, 3.8) is 0 Å². The summed E-state index contributed by atoms with van der Waals surface area (Å²) in [7, 11) is 0. The number of carboxylic acid groups (broad SMARTS) is 1. The molecule has 0 saturated heterocycles. The van der Waals surface area contributed by atoms with Gasteiger partial charge in [-0.2, -0.15) is 10.1 Å². The highest BCUT2D eigenvalue weighted by molar-refractivity contribution is 6.32. The maximum Gasteiger partial charge on any atom is 0.335 e. The number of furan rings is 1. The summed E-state index contributed by atoms with van der Waals surface area (Å²) in [5.41, 5.74) is 3.04. The van der Waals surface area contributed by atoms with E-state index in [1.54, 1.807) is 38.1 Å². The number of aromatic carboxylic acids is 1. The second-order valence-electron chi connectivity index (χ2n) is 7.63. The maximum atomic E-state index is 13.0. The molecule has 4 rings (SSSR count). The number of hydrogen-bond acceptors (Lipinski definition) is 6. The molecule has 3 aromatic rings. The van der Waals surface area contributed by atoms with Crippen molar-refractivity contribution in [3.8, 4) is 11.3 Å². The standard InChI is InChI=1S/C24H19N3O6/c1-13-9-20(21(27(31)32)10-14(13)2)22-8-7-18(33-22)12-19-15(3)25-26(23(19)28)17-6-4-5-16(11-17)24(29)30/h4-12H,1-3H3,(H,29,30)/b19-12-. The van der Waals surface area contributed by atoms with Gasteiger partial charge in [0.1, 0.15) is 11.5 Å². The molecule has 0 radical (unpaired) electrons. The molecule has 33 heavy (non-hydrogen) atoms. The zero-order valence-corrected chi connectivity index (χ0v) is 18.0. The first-order valence-electron chi connectivity index (χ1n) is 9.96. The van der Waals surface area contributed by atoms with Crippen molar-refractivity contribution in [2.75, 3.05) is 5.01 Å². The Morgan fingerprint density at radius 1 is 1.12 bits per heavy atom. The molecule has 1 aliphatic rings. The van der Waals surface area contributed by atoms with Crippen molar-refractivity contribution in [3.05, 3.63) is 86.7 Å². The first-order chi connectivity index (χ1) is 15.7. The lowest BCUT2D eigenvalue weighted by molar-refractivity contribution is -0.384. The van der Waals surface area contributed by atoms with Gasteiger partial charge in [-0.1, -0.05) is 6.07 Å². The Balaban J connectivity index is 1.67. The third kappa shape index (κ3) is 4.03. The molecule has 0 fully saturated rings. The van der Waals surface area contributed by atoms with Crippen LogP contribution in [0.4, 0.5) is 11.4 Å². The van der Waals surface area contributed by atoms with Crippen molar-refractivity contribution in [2.45, 2.75) is 20.8 Å². The van der Waals surface area contributed by atoms with E-state index in [1.165, 1.54) is 30.3 Å². The van der Waals surface area contributed by atoms with E-state index >= 15 is 0 Å². The molecule has 9 nitrogen and oxygen atoms in total. The highest BCUT2D eigenvalue weighted by Crippen LogP contribution is 2.34. The van der Waals surface area contributed by atoms with E-state index in [1.807, 2.05) is 6.92 Å². The molecule has 1 aromatic heterocycles. The van der Waals surface area contributed by atoms with Crippen molar-refractivity contribution >= 4 is 35.0 Å². The van der Waals surface area contributed by atoms with Gasteiger partial charge in [-0.25, -0.2) is 4.79 Å². The van der Waals surface area contributed by atoms with Crippen LogP contribution < -0.4 is 5.01 Å². The van der Waals surface area contributed by atoms with Crippen LogP contribution in [0.25, 0.3) is 17.4 Å². The first kappa shape index (κ1) is 21.7. The lowest BCUT2D eigenvalue weighted by Crippen LogP contribution is -2.21. The molecule has 0 atom stereocenters. The van der Waals surface area contributed by atoms with E-state index in [2.05, 4.69) is 5.10 Å². The molecule has 2 heterocycles. The quantitative estimate of drug-likeness (QED) is 0.335. The van der Waals surface area contributed by atoms with E-state index in [0.29, 0.717) is 28.5 Å².